The van der Waals surface area contributed by atoms with Crippen LogP contribution in [-0.2, 0) is 4.74 Å². The monoisotopic (exact) mass is 155 g/mol. The first-order valence-corrected chi connectivity index (χ1v) is 4.63. The standard InChI is InChI=1S/C9H17NO/c1-7(2)10-5-8-3-4-11-9(8)6-10/h7-9H,3-6H2,1-2H3/t8-,9+/m1/s1. The Morgan fingerprint density at radius 1 is 1.36 bits per heavy atom. The second-order valence-electron chi connectivity index (χ2n) is 4.01. The van der Waals surface area contributed by atoms with Gasteiger partial charge in [-0.25, -0.2) is 0 Å². The highest BCUT2D eigenvalue weighted by atomic mass is 16.5. The molecule has 2 rings (SSSR count). The van der Waals surface area contributed by atoms with Crippen molar-refractivity contribution in [3.05, 3.63) is 0 Å². The Labute approximate surface area is 68.5 Å². The highest BCUT2D eigenvalue weighted by Crippen LogP contribution is 2.29. The molecule has 0 aromatic heterocycles. The number of fused-ring (bicyclic) bond motifs is 1. The van der Waals surface area contributed by atoms with Crippen molar-refractivity contribution in [2.45, 2.75) is 32.4 Å². The number of nitrogens with zero attached hydrogens (tertiary/aromatic N) is 1. The van der Waals surface area contributed by atoms with Gasteiger partial charge in [0.1, 0.15) is 0 Å². The van der Waals surface area contributed by atoms with Crippen LogP contribution in [0.25, 0.3) is 0 Å². The van der Waals surface area contributed by atoms with E-state index in [-0.39, 0.29) is 0 Å². The topological polar surface area (TPSA) is 12.5 Å². The minimum absolute atomic E-state index is 0.567. The van der Waals surface area contributed by atoms with Crippen molar-refractivity contribution < 1.29 is 4.74 Å². The van der Waals surface area contributed by atoms with Crippen molar-refractivity contribution in [3.63, 3.8) is 0 Å². The fourth-order valence-corrected chi connectivity index (χ4v) is 2.13. The second-order valence-corrected chi connectivity index (χ2v) is 4.01. The van der Waals surface area contributed by atoms with Crippen LogP contribution in [0.2, 0.25) is 0 Å². The van der Waals surface area contributed by atoms with Crippen LogP contribution in [0.5, 0.6) is 0 Å². The molecule has 0 bridgehead atoms. The molecule has 2 aliphatic heterocycles. The van der Waals surface area contributed by atoms with E-state index >= 15 is 0 Å². The van der Waals surface area contributed by atoms with Crippen molar-refractivity contribution in [1.29, 1.82) is 0 Å². The largest absolute Gasteiger partial charge is 0.377 e. The SMILES string of the molecule is CC(C)N1C[C@H]2CCO[C@H]2C1. The fraction of sp³-hybridized carbons (Fsp3) is 1.00. The van der Waals surface area contributed by atoms with Gasteiger partial charge in [-0.2, -0.15) is 0 Å². The molecule has 2 atom stereocenters. The zero-order valence-electron chi connectivity index (χ0n) is 7.42. The van der Waals surface area contributed by atoms with E-state index in [1.54, 1.807) is 0 Å². The molecule has 0 aromatic rings. The fourth-order valence-electron chi connectivity index (χ4n) is 2.13. The molecule has 0 saturated carbocycles. The van der Waals surface area contributed by atoms with Crippen LogP contribution in [0.1, 0.15) is 20.3 Å². The summed E-state index contributed by atoms with van der Waals surface area (Å²) in [5, 5.41) is 0. The molecule has 0 aliphatic carbocycles. The van der Waals surface area contributed by atoms with Gasteiger partial charge < -0.3 is 4.74 Å². The molecular formula is C9H17NO. The van der Waals surface area contributed by atoms with Gasteiger partial charge in [-0.1, -0.05) is 0 Å². The van der Waals surface area contributed by atoms with E-state index in [4.69, 9.17) is 4.74 Å². The Balaban J connectivity index is 1.94. The Morgan fingerprint density at radius 2 is 2.18 bits per heavy atom. The first-order valence-electron chi connectivity index (χ1n) is 4.63. The number of rotatable bonds is 1. The lowest BCUT2D eigenvalue weighted by Gasteiger charge is -2.20. The summed E-state index contributed by atoms with van der Waals surface area (Å²) in [6, 6.07) is 0.698. The van der Waals surface area contributed by atoms with E-state index in [9.17, 15) is 0 Å². The third-order valence-corrected chi connectivity index (χ3v) is 2.96. The summed E-state index contributed by atoms with van der Waals surface area (Å²) in [5.41, 5.74) is 0. The van der Waals surface area contributed by atoms with Gasteiger partial charge >= 0.3 is 0 Å². The smallest absolute Gasteiger partial charge is 0.0743 e. The Kier molecular flexibility index (Phi) is 1.90. The van der Waals surface area contributed by atoms with Crippen LogP contribution in [0.3, 0.4) is 0 Å². The molecular weight excluding hydrogens is 138 g/mol. The van der Waals surface area contributed by atoms with Gasteiger partial charge in [0, 0.05) is 31.7 Å². The van der Waals surface area contributed by atoms with Crippen LogP contribution in [0, 0.1) is 5.92 Å². The molecule has 2 heterocycles. The van der Waals surface area contributed by atoms with E-state index < -0.39 is 0 Å². The summed E-state index contributed by atoms with van der Waals surface area (Å²) in [6.45, 7) is 7.97. The van der Waals surface area contributed by atoms with Crippen LogP contribution in [-0.4, -0.2) is 36.7 Å². The van der Waals surface area contributed by atoms with E-state index in [0.29, 0.717) is 12.1 Å². The average Bonchev–Trinajstić information content (AvgIpc) is 2.40. The lowest BCUT2D eigenvalue weighted by Crippen LogP contribution is -2.30. The van der Waals surface area contributed by atoms with Gasteiger partial charge in [0.05, 0.1) is 6.10 Å². The van der Waals surface area contributed by atoms with Crippen molar-refractivity contribution in [3.8, 4) is 0 Å². The molecule has 0 N–H and O–H groups in total. The van der Waals surface area contributed by atoms with E-state index in [1.807, 2.05) is 0 Å². The number of hydrogen-bond acceptors (Lipinski definition) is 2. The molecule has 0 radical (unpaired) electrons. The molecule has 64 valence electrons. The van der Waals surface area contributed by atoms with Crippen LogP contribution in [0.4, 0.5) is 0 Å². The second kappa shape index (κ2) is 2.76. The number of ether oxygens (including phenoxy) is 1. The summed E-state index contributed by atoms with van der Waals surface area (Å²) < 4.78 is 5.62. The third-order valence-electron chi connectivity index (χ3n) is 2.96. The van der Waals surface area contributed by atoms with Gasteiger partial charge in [0.2, 0.25) is 0 Å². The zero-order chi connectivity index (χ0) is 7.84. The lowest BCUT2D eigenvalue weighted by molar-refractivity contribution is 0.0947. The first-order chi connectivity index (χ1) is 5.27. The highest BCUT2D eigenvalue weighted by molar-refractivity contribution is 4.89. The van der Waals surface area contributed by atoms with Crippen LogP contribution < -0.4 is 0 Å². The van der Waals surface area contributed by atoms with E-state index in [0.717, 1.165) is 12.5 Å². The zero-order valence-corrected chi connectivity index (χ0v) is 7.42. The normalized spacial score (nSPS) is 38.5. The van der Waals surface area contributed by atoms with Crippen molar-refractivity contribution in [2.75, 3.05) is 19.7 Å². The molecule has 2 fully saturated rings. The van der Waals surface area contributed by atoms with Gasteiger partial charge in [-0.3, -0.25) is 4.90 Å². The maximum atomic E-state index is 5.62. The quantitative estimate of drug-likeness (QED) is 0.562. The van der Waals surface area contributed by atoms with Gasteiger partial charge in [-0.05, 0) is 20.3 Å². The van der Waals surface area contributed by atoms with E-state index in [1.165, 1.54) is 19.5 Å². The number of likely N-dealkylation sites (tertiary alicyclic amines) is 1. The van der Waals surface area contributed by atoms with E-state index in [2.05, 4.69) is 18.7 Å². The molecule has 2 aliphatic rings. The molecule has 11 heavy (non-hydrogen) atoms. The van der Waals surface area contributed by atoms with Crippen molar-refractivity contribution in [2.24, 2.45) is 5.92 Å². The Hall–Kier alpha value is -0.0800. The predicted octanol–water partition coefficient (Wildman–Crippen LogP) is 1.12. The first kappa shape index (κ1) is 7.56. The molecule has 2 nitrogen and oxygen atoms in total. The minimum Gasteiger partial charge on any atom is -0.377 e. The maximum absolute atomic E-state index is 5.62. The van der Waals surface area contributed by atoms with Crippen LogP contribution in [0.15, 0.2) is 0 Å². The van der Waals surface area contributed by atoms with Gasteiger partial charge in [0.15, 0.2) is 0 Å². The van der Waals surface area contributed by atoms with Crippen molar-refractivity contribution in [1.82, 2.24) is 4.90 Å². The summed E-state index contributed by atoms with van der Waals surface area (Å²) >= 11 is 0. The number of hydrogen-bond donors (Lipinski definition) is 0. The Morgan fingerprint density at radius 3 is 2.82 bits per heavy atom. The summed E-state index contributed by atoms with van der Waals surface area (Å²) in [7, 11) is 0. The summed E-state index contributed by atoms with van der Waals surface area (Å²) in [5.74, 6) is 0.845. The maximum Gasteiger partial charge on any atom is 0.0743 e. The molecule has 0 spiro atoms. The summed E-state index contributed by atoms with van der Waals surface area (Å²) in [4.78, 5) is 2.52. The van der Waals surface area contributed by atoms with Crippen LogP contribution >= 0.6 is 0 Å². The average molecular weight is 155 g/mol. The predicted molar refractivity (Wildman–Crippen MR) is 44.6 cm³/mol. The molecule has 0 amide bonds. The molecule has 0 unspecified atom stereocenters. The molecule has 0 aromatic carbocycles. The minimum atomic E-state index is 0.567. The van der Waals surface area contributed by atoms with Gasteiger partial charge in [0.25, 0.3) is 0 Å². The third kappa shape index (κ3) is 1.30. The lowest BCUT2D eigenvalue weighted by atomic mass is 10.1. The van der Waals surface area contributed by atoms with Gasteiger partial charge in [-0.15, -0.1) is 0 Å². The van der Waals surface area contributed by atoms with Crippen molar-refractivity contribution >= 4 is 0 Å². The molecule has 2 heteroatoms. The Bertz CT molecular complexity index is 134. The highest BCUT2D eigenvalue weighted by Gasteiger charge is 2.37. The summed E-state index contributed by atoms with van der Waals surface area (Å²) in [6.07, 6.45) is 1.85. The molecule has 2 saturated heterocycles.